The fourth-order valence-electron chi connectivity index (χ4n) is 1.44. The third kappa shape index (κ3) is 3.73. The molecule has 0 aliphatic heterocycles. The first-order chi connectivity index (χ1) is 9.56. The van der Waals surface area contributed by atoms with E-state index in [4.69, 9.17) is 33.0 Å². The van der Waals surface area contributed by atoms with Crippen molar-refractivity contribution in [3.63, 3.8) is 0 Å². The van der Waals surface area contributed by atoms with Crippen molar-refractivity contribution in [3.8, 4) is 11.5 Å². The maximum absolute atomic E-state index is 10.5. The molecule has 0 spiro atoms. The van der Waals surface area contributed by atoms with Crippen LogP contribution in [0.2, 0.25) is 10.0 Å². The lowest BCUT2D eigenvalue weighted by atomic mass is 10.2. The molecule has 0 unspecified atom stereocenters. The topological polar surface area (TPSA) is 59.4 Å². The van der Waals surface area contributed by atoms with Gasteiger partial charge in [-0.25, -0.2) is 4.79 Å². The van der Waals surface area contributed by atoms with Crippen LogP contribution in [0.1, 0.15) is 5.56 Å². The lowest BCUT2D eigenvalue weighted by Gasteiger charge is -2.08. The second-order valence-corrected chi connectivity index (χ2v) is 4.56. The van der Waals surface area contributed by atoms with Gasteiger partial charge in [0, 0.05) is 12.3 Å². The molecule has 0 fully saturated rings. The zero-order valence-electron chi connectivity index (χ0n) is 10.1. The zero-order valence-corrected chi connectivity index (χ0v) is 11.6. The number of benzene rings is 1. The van der Waals surface area contributed by atoms with Gasteiger partial charge in [-0.05, 0) is 29.8 Å². The summed E-state index contributed by atoms with van der Waals surface area (Å²) in [5, 5.41) is 9.27. The highest BCUT2D eigenvalue weighted by Gasteiger charge is 2.07. The van der Waals surface area contributed by atoms with Crippen LogP contribution in [0.4, 0.5) is 0 Å². The Morgan fingerprint density at radius 3 is 2.85 bits per heavy atom. The maximum atomic E-state index is 10.5. The fraction of sp³-hybridized carbons (Fsp3) is 0. The number of hydrogen-bond donors (Lipinski definition) is 1. The largest absolute Gasteiger partial charge is 0.478 e. The highest BCUT2D eigenvalue weighted by atomic mass is 35.5. The molecule has 2 aromatic rings. The van der Waals surface area contributed by atoms with Gasteiger partial charge in [-0.3, -0.25) is 4.98 Å². The molecule has 102 valence electrons. The first kappa shape index (κ1) is 14.4. The number of aromatic nitrogens is 1. The van der Waals surface area contributed by atoms with Crippen LogP contribution in [-0.2, 0) is 4.79 Å². The first-order valence-corrected chi connectivity index (χ1v) is 6.30. The molecule has 1 aromatic heterocycles. The molecule has 0 aliphatic rings. The van der Waals surface area contributed by atoms with Crippen molar-refractivity contribution in [1.29, 1.82) is 0 Å². The maximum Gasteiger partial charge on any atom is 0.328 e. The number of rotatable bonds is 4. The number of aliphatic carboxylic acids is 1. The summed E-state index contributed by atoms with van der Waals surface area (Å²) < 4.78 is 5.58. The summed E-state index contributed by atoms with van der Waals surface area (Å²) >= 11 is 11.9. The van der Waals surface area contributed by atoms with Crippen LogP contribution >= 0.6 is 23.2 Å². The van der Waals surface area contributed by atoms with Gasteiger partial charge in [-0.2, -0.15) is 0 Å². The number of carboxylic acid groups (broad SMARTS) is 1. The Kier molecular flexibility index (Phi) is 4.61. The minimum Gasteiger partial charge on any atom is -0.478 e. The van der Waals surface area contributed by atoms with Gasteiger partial charge < -0.3 is 9.84 Å². The van der Waals surface area contributed by atoms with E-state index in [2.05, 4.69) is 4.98 Å². The molecule has 1 N–H and O–H groups in total. The molecular formula is C14H9Cl2NO3. The molecular weight excluding hydrogens is 301 g/mol. The van der Waals surface area contributed by atoms with Gasteiger partial charge in [0.05, 0.1) is 11.2 Å². The number of nitrogens with zero attached hydrogens (tertiary/aromatic N) is 1. The molecule has 2 rings (SSSR count). The van der Waals surface area contributed by atoms with Gasteiger partial charge in [-0.15, -0.1) is 0 Å². The minimum atomic E-state index is -1.03. The summed E-state index contributed by atoms with van der Waals surface area (Å²) in [7, 11) is 0. The predicted molar refractivity (Wildman–Crippen MR) is 77.4 cm³/mol. The molecule has 6 heteroatoms. The second-order valence-electron chi connectivity index (χ2n) is 3.78. The second kappa shape index (κ2) is 6.41. The van der Waals surface area contributed by atoms with Crippen molar-refractivity contribution < 1.29 is 14.6 Å². The van der Waals surface area contributed by atoms with E-state index in [0.29, 0.717) is 27.1 Å². The van der Waals surface area contributed by atoms with E-state index in [9.17, 15) is 4.79 Å². The number of ether oxygens (including phenoxy) is 1. The number of carbonyl (C=O) groups is 1. The summed E-state index contributed by atoms with van der Waals surface area (Å²) in [6, 6.07) is 6.68. The van der Waals surface area contributed by atoms with E-state index in [1.807, 2.05) is 0 Å². The number of halogens is 2. The lowest BCUT2D eigenvalue weighted by molar-refractivity contribution is -0.131. The number of pyridine rings is 1. The van der Waals surface area contributed by atoms with E-state index in [1.165, 1.54) is 18.5 Å². The first-order valence-electron chi connectivity index (χ1n) is 5.54. The quantitative estimate of drug-likeness (QED) is 0.856. The van der Waals surface area contributed by atoms with Gasteiger partial charge in [0.2, 0.25) is 0 Å². The van der Waals surface area contributed by atoms with Crippen LogP contribution in [0.15, 0.2) is 42.7 Å². The lowest BCUT2D eigenvalue weighted by Crippen LogP contribution is -1.89. The Bertz CT molecular complexity index is 671. The molecule has 0 amide bonds. The monoisotopic (exact) mass is 309 g/mol. The van der Waals surface area contributed by atoms with E-state index in [-0.39, 0.29) is 0 Å². The van der Waals surface area contributed by atoms with Crippen molar-refractivity contribution in [1.82, 2.24) is 4.98 Å². The Hall–Kier alpha value is -2.04. The van der Waals surface area contributed by atoms with E-state index in [0.717, 1.165) is 6.08 Å². The Morgan fingerprint density at radius 2 is 2.10 bits per heavy atom. The van der Waals surface area contributed by atoms with Gasteiger partial charge in [0.25, 0.3) is 0 Å². The van der Waals surface area contributed by atoms with Crippen LogP contribution in [0.5, 0.6) is 11.5 Å². The van der Waals surface area contributed by atoms with Gasteiger partial charge in [-0.1, -0.05) is 29.3 Å². The molecule has 0 saturated carbocycles. The third-order valence-corrected chi connectivity index (χ3v) is 3.10. The van der Waals surface area contributed by atoms with Gasteiger partial charge in [0.15, 0.2) is 0 Å². The van der Waals surface area contributed by atoms with E-state index >= 15 is 0 Å². The molecule has 0 aliphatic carbocycles. The molecule has 20 heavy (non-hydrogen) atoms. The van der Waals surface area contributed by atoms with Crippen molar-refractivity contribution in [3.05, 3.63) is 58.3 Å². The molecule has 0 saturated heterocycles. The number of hydrogen-bond acceptors (Lipinski definition) is 3. The Balaban J connectivity index is 2.24. The average molecular weight is 310 g/mol. The molecule has 0 bridgehead atoms. The predicted octanol–water partition coefficient (Wildman–Crippen LogP) is 4.28. The van der Waals surface area contributed by atoms with E-state index < -0.39 is 5.97 Å². The molecule has 0 atom stereocenters. The number of carboxylic acids is 1. The standard InChI is InChI=1S/C14H9Cl2NO3/c15-11-2-1-3-12(14(11)16)20-10-6-9(7-17-8-10)4-5-13(18)19/h1-8H,(H,18,19)/b5-4+. The van der Waals surface area contributed by atoms with Crippen LogP contribution in [0, 0.1) is 0 Å². The average Bonchev–Trinajstić information content (AvgIpc) is 2.42. The normalized spacial score (nSPS) is 10.7. The molecule has 1 heterocycles. The van der Waals surface area contributed by atoms with Crippen molar-refractivity contribution in [2.75, 3.05) is 0 Å². The van der Waals surface area contributed by atoms with Crippen molar-refractivity contribution >= 4 is 35.2 Å². The molecule has 4 nitrogen and oxygen atoms in total. The van der Waals surface area contributed by atoms with Crippen LogP contribution in [0.25, 0.3) is 6.08 Å². The summed E-state index contributed by atoms with van der Waals surface area (Å²) in [6.45, 7) is 0. The highest BCUT2D eigenvalue weighted by Crippen LogP contribution is 2.34. The van der Waals surface area contributed by atoms with Crippen LogP contribution < -0.4 is 4.74 Å². The summed E-state index contributed by atoms with van der Waals surface area (Å²) in [5.74, 6) is -0.198. The summed E-state index contributed by atoms with van der Waals surface area (Å²) in [6.07, 6.45) is 5.45. The Labute approximate surface area is 125 Å². The van der Waals surface area contributed by atoms with Crippen LogP contribution in [0.3, 0.4) is 0 Å². The Morgan fingerprint density at radius 1 is 1.30 bits per heavy atom. The minimum absolute atomic E-state index is 0.306. The fourth-order valence-corrected chi connectivity index (χ4v) is 1.77. The van der Waals surface area contributed by atoms with Gasteiger partial charge >= 0.3 is 5.97 Å². The van der Waals surface area contributed by atoms with Crippen LogP contribution in [-0.4, -0.2) is 16.1 Å². The van der Waals surface area contributed by atoms with Crippen molar-refractivity contribution in [2.45, 2.75) is 0 Å². The van der Waals surface area contributed by atoms with Gasteiger partial charge in [0.1, 0.15) is 16.5 Å². The summed E-state index contributed by atoms with van der Waals surface area (Å²) in [5.41, 5.74) is 0.600. The molecule has 0 radical (unpaired) electrons. The zero-order chi connectivity index (χ0) is 14.5. The highest BCUT2D eigenvalue weighted by molar-refractivity contribution is 6.42. The van der Waals surface area contributed by atoms with E-state index in [1.54, 1.807) is 24.3 Å². The summed E-state index contributed by atoms with van der Waals surface area (Å²) in [4.78, 5) is 14.4. The molecule has 1 aromatic carbocycles. The third-order valence-electron chi connectivity index (χ3n) is 2.30. The van der Waals surface area contributed by atoms with Crippen molar-refractivity contribution in [2.24, 2.45) is 0 Å². The SMILES string of the molecule is O=C(O)/C=C/c1cncc(Oc2cccc(Cl)c2Cl)c1. The smallest absolute Gasteiger partial charge is 0.328 e.